The van der Waals surface area contributed by atoms with E-state index in [0.717, 1.165) is 0 Å². The lowest BCUT2D eigenvalue weighted by Crippen LogP contribution is -1.74. The minimum Gasteiger partial charge on any atom is -0.358 e. The number of thiophene rings is 1. The number of H-pyrrole nitrogens is 1. The minimum absolute atomic E-state index is 1.22. The molecular weight excluding hydrogens is 202 g/mol. The molecular formula is C13H11NS. The summed E-state index contributed by atoms with van der Waals surface area (Å²) in [5.41, 5.74) is 5.12. The van der Waals surface area contributed by atoms with Crippen LogP contribution in [0.15, 0.2) is 41.1 Å². The fraction of sp³-hybridized carbons (Fsp3) is 0.0769. The normalized spacial score (nSPS) is 11.0. The van der Waals surface area contributed by atoms with Crippen LogP contribution in [-0.4, -0.2) is 4.98 Å². The van der Waals surface area contributed by atoms with Crippen LogP contribution in [0.1, 0.15) is 5.69 Å². The summed E-state index contributed by atoms with van der Waals surface area (Å²) in [6, 6.07) is 10.6. The number of rotatable bonds is 1. The van der Waals surface area contributed by atoms with Gasteiger partial charge in [0, 0.05) is 22.2 Å². The molecule has 0 atom stereocenters. The standard InChI is InChI=1S/C13H11NS/c1-9-13(10-6-7-15-8-10)11-4-2-3-5-12(11)14-9/h2-8,14H,1H3. The Labute approximate surface area is 92.4 Å². The van der Waals surface area contributed by atoms with E-state index >= 15 is 0 Å². The van der Waals surface area contributed by atoms with E-state index in [9.17, 15) is 0 Å². The third kappa shape index (κ3) is 1.29. The molecule has 3 rings (SSSR count). The second-order valence-corrected chi connectivity index (χ2v) is 4.46. The van der Waals surface area contributed by atoms with Crippen LogP contribution in [0.4, 0.5) is 0 Å². The molecule has 0 saturated heterocycles. The Balaban J connectivity index is 2.39. The molecule has 0 saturated carbocycles. The lowest BCUT2D eigenvalue weighted by atomic mass is 10.1. The molecule has 0 unspecified atom stereocenters. The monoisotopic (exact) mass is 213 g/mol. The lowest BCUT2D eigenvalue weighted by molar-refractivity contribution is 1.30. The third-order valence-electron chi connectivity index (χ3n) is 2.70. The highest BCUT2D eigenvalue weighted by Crippen LogP contribution is 2.32. The molecule has 2 heterocycles. The summed E-state index contributed by atoms with van der Waals surface area (Å²) >= 11 is 1.74. The van der Waals surface area contributed by atoms with Crippen molar-refractivity contribution >= 4 is 22.2 Å². The van der Waals surface area contributed by atoms with Crippen LogP contribution >= 0.6 is 11.3 Å². The largest absolute Gasteiger partial charge is 0.358 e. The van der Waals surface area contributed by atoms with E-state index < -0.39 is 0 Å². The summed E-state index contributed by atoms with van der Waals surface area (Å²) < 4.78 is 0. The van der Waals surface area contributed by atoms with Crippen molar-refractivity contribution in [2.75, 3.05) is 0 Å². The van der Waals surface area contributed by atoms with Crippen molar-refractivity contribution in [1.29, 1.82) is 0 Å². The number of hydrogen-bond acceptors (Lipinski definition) is 1. The van der Waals surface area contributed by atoms with Crippen molar-refractivity contribution in [3.05, 3.63) is 46.8 Å². The number of para-hydroxylation sites is 1. The minimum atomic E-state index is 1.22. The molecule has 3 aromatic rings. The summed E-state index contributed by atoms with van der Waals surface area (Å²) in [6.07, 6.45) is 0. The van der Waals surface area contributed by atoms with Gasteiger partial charge in [-0.15, -0.1) is 0 Å². The van der Waals surface area contributed by atoms with Gasteiger partial charge in [0.05, 0.1) is 0 Å². The molecule has 74 valence electrons. The molecule has 0 aliphatic rings. The van der Waals surface area contributed by atoms with Gasteiger partial charge in [-0.25, -0.2) is 0 Å². The summed E-state index contributed by atoms with van der Waals surface area (Å²) in [5, 5.41) is 5.63. The molecule has 0 spiro atoms. The number of aromatic amines is 1. The highest BCUT2D eigenvalue weighted by molar-refractivity contribution is 7.08. The Hall–Kier alpha value is -1.54. The van der Waals surface area contributed by atoms with Gasteiger partial charge in [0.1, 0.15) is 0 Å². The second kappa shape index (κ2) is 3.24. The van der Waals surface area contributed by atoms with Crippen molar-refractivity contribution in [3.8, 4) is 11.1 Å². The first-order valence-electron chi connectivity index (χ1n) is 4.96. The first kappa shape index (κ1) is 8.74. The SMILES string of the molecule is Cc1[nH]c2ccccc2c1-c1ccsc1. The number of hydrogen-bond donors (Lipinski definition) is 1. The van der Waals surface area contributed by atoms with Crippen molar-refractivity contribution in [3.63, 3.8) is 0 Å². The summed E-state index contributed by atoms with van der Waals surface area (Å²) in [6.45, 7) is 2.13. The first-order valence-corrected chi connectivity index (χ1v) is 5.90. The van der Waals surface area contributed by atoms with Crippen LogP contribution in [0.3, 0.4) is 0 Å². The Morgan fingerprint density at radius 1 is 1.13 bits per heavy atom. The van der Waals surface area contributed by atoms with E-state index in [0.29, 0.717) is 0 Å². The molecule has 1 aromatic carbocycles. The van der Waals surface area contributed by atoms with E-state index in [1.54, 1.807) is 11.3 Å². The van der Waals surface area contributed by atoms with Gasteiger partial charge in [0.15, 0.2) is 0 Å². The number of fused-ring (bicyclic) bond motifs is 1. The van der Waals surface area contributed by atoms with Gasteiger partial charge in [-0.1, -0.05) is 18.2 Å². The van der Waals surface area contributed by atoms with Crippen LogP contribution in [0.5, 0.6) is 0 Å². The van der Waals surface area contributed by atoms with Crippen molar-refractivity contribution in [2.45, 2.75) is 6.92 Å². The van der Waals surface area contributed by atoms with Gasteiger partial charge in [-0.2, -0.15) is 11.3 Å². The summed E-state index contributed by atoms with van der Waals surface area (Å²) in [4.78, 5) is 3.42. The van der Waals surface area contributed by atoms with E-state index in [-0.39, 0.29) is 0 Å². The quantitative estimate of drug-likeness (QED) is 0.623. The zero-order chi connectivity index (χ0) is 10.3. The summed E-state index contributed by atoms with van der Waals surface area (Å²) in [7, 11) is 0. The topological polar surface area (TPSA) is 15.8 Å². The molecule has 0 bridgehead atoms. The Bertz CT molecular complexity index is 590. The van der Waals surface area contributed by atoms with Gasteiger partial charge in [-0.3, -0.25) is 0 Å². The van der Waals surface area contributed by atoms with Crippen LogP contribution < -0.4 is 0 Å². The van der Waals surface area contributed by atoms with Gasteiger partial charge in [0.2, 0.25) is 0 Å². The van der Waals surface area contributed by atoms with Gasteiger partial charge in [0.25, 0.3) is 0 Å². The average molecular weight is 213 g/mol. The molecule has 0 fully saturated rings. The predicted octanol–water partition coefficient (Wildman–Crippen LogP) is 4.20. The van der Waals surface area contributed by atoms with Crippen molar-refractivity contribution in [1.82, 2.24) is 4.98 Å². The van der Waals surface area contributed by atoms with Crippen LogP contribution in [0.25, 0.3) is 22.0 Å². The van der Waals surface area contributed by atoms with E-state index in [4.69, 9.17) is 0 Å². The van der Waals surface area contributed by atoms with Crippen LogP contribution in [0, 0.1) is 6.92 Å². The highest BCUT2D eigenvalue weighted by atomic mass is 32.1. The number of benzene rings is 1. The highest BCUT2D eigenvalue weighted by Gasteiger charge is 2.09. The Morgan fingerprint density at radius 3 is 2.80 bits per heavy atom. The molecule has 2 heteroatoms. The molecule has 15 heavy (non-hydrogen) atoms. The predicted molar refractivity (Wildman–Crippen MR) is 66.3 cm³/mol. The van der Waals surface area contributed by atoms with Crippen LogP contribution in [0.2, 0.25) is 0 Å². The van der Waals surface area contributed by atoms with E-state index in [2.05, 4.69) is 53.0 Å². The fourth-order valence-corrected chi connectivity index (χ4v) is 2.70. The first-order chi connectivity index (χ1) is 7.36. The van der Waals surface area contributed by atoms with Gasteiger partial charge >= 0.3 is 0 Å². The zero-order valence-electron chi connectivity index (χ0n) is 8.45. The van der Waals surface area contributed by atoms with Crippen molar-refractivity contribution in [2.24, 2.45) is 0 Å². The fourth-order valence-electron chi connectivity index (χ4n) is 2.06. The maximum absolute atomic E-state index is 3.42. The van der Waals surface area contributed by atoms with Gasteiger partial charge < -0.3 is 4.98 Å². The second-order valence-electron chi connectivity index (χ2n) is 3.68. The third-order valence-corrected chi connectivity index (χ3v) is 3.39. The Morgan fingerprint density at radius 2 is 2.00 bits per heavy atom. The zero-order valence-corrected chi connectivity index (χ0v) is 9.27. The number of aromatic nitrogens is 1. The van der Waals surface area contributed by atoms with Gasteiger partial charge in [-0.05, 0) is 35.4 Å². The maximum atomic E-state index is 3.42. The molecule has 2 aromatic heterocycles. The molecule has 1 N–H and O–H groups in total. The Kier molecular flexibility index (Phi) is 1.89. The van der Waals surface area contributed by atoms with E-state index in [1.165, 1.54) is 27.7 Å². The average Bonchev–Trinajstić information content (AvgIpc) is 2.82. The molecule has 0 aliphatic carbocycles. The molecule has 0 amide bonds. The smallest absolute Gasteiger partial charge is 0.0462 e. The summed E-state index contributed by atoms with van der Waals surface area (Å²) in [5.74, 6) is 0. The van der Waals surface area contributed by atoms with E-state index in [1.807, 2.05) is 0 Å². The van der Waals surface area contributed by atoms with Crippen LogP contribution in [-0.2, 0) is 0 Å². The number of aryl methyl sites for hydroxylation is 1. The molecule has 1 nitrogen and oxygen atoms in total. The maximum Gasteiger partial charge on any atom is 0.0462 e. The number of nitrogens with one attached hydrogen (secondary N) is 1. The lowest BCUT2D eigenvalue weighted by Gasteiger charge is -1.96. The molecule has 0 aliphatic heterocycles. The van der Waals surface area contributed by atoms with Crippen molar-refractivity contribution < 1.29 is 0 Å². The molecule has 0 radical (unpaired) electrons.